The number of halogens is 1. The van der Waals surface area contributed by atoms with E-state index < -0.39 is 23.5 Å². The molecule has 3 aromatic heterocycles. The van der Waals surface area contributed by atoms with E-state index in [1.807, 2.05) is 55.6 Å². The van der Waals surface area contributed by atoms with Crippen LogP contribution in [0.4, 0.5) is 5.13 Å². The fourth-order valence-electron chi connectivity index (χ4n) is 5.39. The van der Waals surface area contributed by atoms with Gasteiger partial charge in [-0.05, 0) is 90.1 Å². The molecule has 2 N–H and O–H groups in total. The van der Waals surface area contributed by atoms with Crippen molar-refractivity contribution in [2.45, 2.75) is 33.7 Å². The van der Waals surface area contributed by atoms with Gasteiger partial charge in [-0.25, -0.2) is 9.97 Å². The first-order valence-corrected chi connectivity index (χ1v) is 14.3. The Kier molecular flexibility index (Phi) is 6.39. The highest BCUT2D eigenvalue weighted by atomic mass is 79.9. The van der Waals surface area contributed by atoms with Crippen LogP contribution in [0.5, 0.6) is 11.5 Å². The smallest absolute Gasteiger partial charge is 0.301 e. The Morgan fingerprint density at radius 3 is 2.54 bits per heavy atom. The third kappa shape index (κ3) is 4.10. The molecule has 208 valence electrons. The predicted molar refractivity (Wildman–Crippen MR) is 161 cm³/mol. The number of hydrogen-bond donors (Lipinski definition) is 2. The number of aliphatic hydroxyl groups excluding tert-OH is 1. The van der Waals surface area contributed by atoms with Gasteiger partial charge >= 0.3 is 5.91 Å². The number of carbonyl (C=O) groups excluding carboxylic acids is 2. The molecule has 6 rings (SSSR count). The second kappa shape index (κ2) is 9.71. The Morgan fingerprint density at radius 2 is 1.83 bits per heavy atom. The van der Waals surface area contributed by atoms with Gasteiger partial charge in [0.25, 0.3) is 5.78 Å². The van der Waals surface area contributed by atoms with E-state index in [0.717, 1.165) is 26.9 Å². The Bertz CT molecular complexity index is 1980. The molecular formula is C30H25BrN4O5S. The molecule has 0 spiro atoms. The Hall–Kier alpha value is -4.22. The van der Waals surface area contributed by atoms with Gasteiger partial charge in [0.1, 0.15) is 11.3 Å². The number of ketones is 1. The van der Waals surface area contributed by atoms with E-state index in [1.54, 1.807) is 19.1 Å². The zero-order valence-corrected chi connectivity index (χ0v) is 25.2. The van der Waals surface area contributed by atoms with Gasteiger partial charge in [0.15, 0.2) is 22.4 Å². The molecule has 1 atom stereocenters. The number of nitrogens with zero attached hydrogens (tertiary/aromatic N) is 4. The summed E-state index contributed by atoms with van der Waals surface area (Å²) in [5, 5.41) is 22.5. The number of thiazole rings is 1. The highest BCUT2D eigenvalue weighted by Crippen LogP contribution is 2.47. The van der Waals surface area contributed by atoms with Crippen molar-refractivity contribution in [1.29, 1.82) is 0 Å². The topological polar surface area (TPSA) is 117 Å². The number of rotatable bonds is 4. The third-order valence-electron chi connectivity index (χ3n) is 7.36. The van der Waals surface area contributed by atoms with Crippen molar-refractivity contribution in [1.82, 2.24) is 14.4 Å². The van der Waals surface area contributed by atoms with Crippen LogP contribution < -0.4 is 9.64 Å². The molecule has 1 fully saturated rings. The van der Waals surface area contributed by atoms with Gasteiger partial charge in [-0.1, -0.05) is 23.5 Å². The highest BCUT2D eigenvalue weighted by Gasteiger charge is 2.49. The number of pyridine rings is 1. The zero-order chi connectivity index (χ0) is 29.3. The maximum Gasteiger partial charge on any atom is 0.301 e. The van der Waals surface area contributed by atoms with Gasteiger partial charge in [-0.2, -0.15) is 0 Å². The van der Waals surface area contributed by atoms with E-state index in [-0.39, 0.29) is 22.8 Å². The van der Waals surface area contributed by atoms with Crippen LogP contribution >= 0.6 is 27.3 Å². The molecule has 1 unspecified atom stereocenters. The van der Waals surface area contributed by atoms with Crippen molar-refractivity contribution in [3.63, 3.8) is 0 Å². The number of aromatic nitrogens is 3. The molecule has 0 saturated carbocycles. The number of ether oxygens (including phenoxy) is 1. The van der Waals surface area contributed by atoms with Crippen molar-refractivity contribution in [3.05, 3.63) is 86.3 Å². The van der Waals surface area contributed by atoms with Crippen LogP contribution in [0, 0.1) is 27.7 Å². The monoisotopic (exact) mass is 632 g/mol. The maximum atomic E-state index is 13.8. The number of aromatic hydroxyl groups is 1. The molecule has 0 radical (unpaired) electrons. The fraction of sp³-hybridized carbons (Fsp3) is 0.200. The van der Waals surface area contributed by atoms with E-state index in [1.165, 1.54) is 23.3 Å². The lowest BCUT2D eigenvalue weighted by molar-refractivity contribution is -0.132. The van der Waals surface area contributed by atoms with Gasteiger partial charge in [0.2, 0.25) is 0 Å². The molecule has 2 aromatic carbocycles. The lowest BCUT2D eigenvalue weighted by Crippen LogP contribution is -2.29. The molecule has 41 heavy (non-hydrogen) atoms. The van der Waals surface area contributed by atoms with Gasteiger partial charge in [-0.3, -0.25) is 14.5 Å². The highest BCUT2D eigenvalue weighted by molar-refractivity contribution is 9.10. The summed E-state index contributed by atoms with van der Waals surface area (Å²) >= 11 is 4.64. The fourth-order valence-corrected chi connectivity index (χ4v) is 7.02. The number of methoxy groups -OCH3 is 1. The molecular weight excluding hydrogens is 608 g/mol. The zero-order valence-electron chi connectivity index (χ0n) is 22.8. The summed E-state index contributed by atoms with van der Waals surface area (Å²) in [7, 11) is 1.41. The number of phenols is 1. The number of imidazole rings is 1. The number of fused-ring (bicyclic) bond motifs is 2. The lowest BCUT2D eigenvalue weighted by Gasteiger charge is -2.23. The number of aryl methyl sites for hydroxylation is 4. The second-order valence-corrected chi connectivity index (χ2v) is 11.9. The molecule has 1 aliphatic heterocycles. The van der Waals surface area contributed by atoms with Crippen molar-refractivity contribution in [3.8, 4) is 11.5 Å². The van der Waals surface area contributed by atoms with Crippen molar-refractivity contribution >= 4 is 65.7 Å². The van der Waals surface area contributed by atoms with E-state index in [9.17, 15) is 19.8 Å². The SMILES string of the molecule is COc1cc(C2/C(=C(\O)c3nc4c(C)cccn4c3C)C(=O)C(=O)N2c2nc3c(C)cc(C)cc3s2)cc(Br)c1O. The van der Waals surface area contributed by atoms with Crippen molar-refractivity contribution < 1.29 is 24.5 Å². The van der Waals surface area contributed by atoms with Crippen molar-refractivity contribution in [2.24, 2.45) is 0 Å². The van der Waals surface area contributed by atoms with Gasteiger partial charge < -0.3 is 19.4 Å². The van der Waals surface area contributed by atoms with Gasteiger partial charge in [-0.15, -0.1) is 0 Å². The second-order valence-electron chi connectivity index (χ2n) is 10.1. The number of carbonyl (C=O) groups is 2. The van der Waals surface area contributed by atoms with E-state index in [2.05, 4.69) is 20.9 Å². The summed E-state index contributed by atoms with van der Waals surface area (Å²) in [6.45, 7) is 7.62. The first kappa shape index (κ1) is 27.0. The summed E-state index contributed by atoms with van der Waals surface area (Å²) in [6, 6.07) is 9.83. The van der Waals surface area contributed by atoms with E-state index in [4.69, 9.17) is 9.72 Å². The standard InChI is InChI=1S/C30H25BrN4O5S/c1-13-9-15(3)22-20(10-13)41-30(33-22)35-24(17-11-18(31)25(36)19(12-17)40-5)21(27(38)29(35)39)26(37)23-16(4)34-8-6-7-14(2)28(34)32-23/h6-12,24,36-37H,1-5H3/b26-21+. The van der Waals surface area contributed by atoms with Crippen LogP contribution in [0.1, 0.15) is 39.7 Å². The predicted octanol–water partition coefficient (Wildman–Crippen LogP) is 6.28. The molecule has 5 aromatic rings. The van der Waals surface area contributed by atoms with Crippen LogP contribution in [0.25, 0.3) is 21.6 Å². The van der Waals surface area contributed by atoms with Crippen LogP contribution in [0.15, 0.2) is 52.6 Å². The normalized spacial score (nSPS) is 16.8. The molecule has 1 saturated heterocycles. The number of Topliss-reactive ketones (excluding diaryl/α,β-unsaturated/α-hetero) is 1. The third-order valence-corrected chi connectivity index (χ3v) is 8.97. The number of aliphatic hydroxyl groups is 1. The minimum absolute atomic E-state index is 0.133. The van der Waals surface area contributed by atoms with Crippen LogP contribution in [0.3, 0.4) is 0 Å². The minimum Gasteiger partial charge on any atom is -0.505 e. The average molecular weight is 634 g/mol. The summed E-state index contributed by atoms with van der Waals surface area (Å²) in [6.07, 6.45) is 1.82. The number of hydrogen-bond acceptors (Lipinski definition) is 8. The number of phenolic OH excluding ortho intramolecular Hbond substituents is 1. The largest absolute Gasteiger partial charge is 0.505 e. The summed E-state index contributed by atoms with van der Waals surface area (Å²) in [4.78, 5) is 38.2. The molecule has 1 amide bonds. The van der Waals surface area contributed by atoms with Crippen LogP contribution in [-0.4, -0.2) is 43.4 Å². The molecule has 11 heteroatoms. The maximum absolute atomic E-state index is 13.8. The molecule has 1 aliphatic rings. The summed E-state index contributed by atoms with van der Waals surface area (Å²) in [5.41, 5.74) is 5.34. The molecule has 4 heterocycles. The van der Waals surface area contributed by atoms with E-state index in [0.29, 0.717) is 26.5 Å². The molecule has 0 bridgehead atoms. The summed E-state index contributed by atoms with van der Waals surface area (Å²) in [5.74, 6) is -2.09. The Morgan fingerprint density at radius 1 is 1.07 bits per heavy atom. The quantitative estimate of drug-likeness (QED) is 0.136. The van der Waals surface area contributed by atoms with Gasteiger partial charge in [0.05, 0.1) is 39.1 Å². The summed E-state index contributed by atoms with van der Waals surface area (Å²) < 4.78 is 8.37. The Labute approximate surface area is 247 Å². The number of benzene rings is 2. The van der Waals surface area contributed by atoms with Crippen LogP contribution in [-0.2, 0) is 9.59 Å². The lowest BCUT2D eigenvalue weighted by atomic mass is 9.96. The first-order valence-electron chi connectivity index (χ1n) is 12.7. The minimum atomic E-state index is -1.08. The van der Waals surface area contributed by atoms with Crippen molar-refractivity contribution in [2.75, 3.05) is 12.0 Å². The Balaban J connectivity index is 1.64. The van der Waals surface area contributed by atoms with Gasteiger partial charge in [0, 0.05) is 6.20 Å². The average Bonchev–Trinajstić information content (AvgIpc) is 3.58. The van der Waals surface area contributed by atoms with E-state index >= 15 is 0 Å². The first-order chi connectivity index (χ1) is 19.5. The number of anilines is 1. The molecule has 0 aliphatic carbocycles. The van der Waals surface area contributed by atoms with Crippen LogP contribution in [0.2, 0.25) is 0 Å². The number of amides is 1. The molecule has 9 nitrogen and oxygen atoms in total.